The number of rotatable bonds is 11. The van der Waals surface area contributed by atoms with E-state index in [2.05, 4.69) is 15.5 Å². The van der Waals surface area contributed by atoms with E-state index in [-0.39, 0.29) is 5.91 Å². The Morgan fingerprint density at radius 2 is 1.69 bits per heavy atom. The number of methoxy groups -OCH3 is 2. The first kappa shape index (κ1) is 24.3. The minimum absolute atomic E-state index is 0.0446. The van der Waals surface area contributed by atoms with Crippen molar-refractivity contribution in [2.24, 2.45) is 0 Å². The first-order valence-electron chi connectivity index (χ1n) is 11.4. The largest absolute Gasteiger partial charge is 0.497 e. The van der Waals surface area contributed by atoms with Crippen molar-refractivity contribution < 1.29 is 14.3 Å². The van der Waals surface area contributed by atoms with Crippen LogP contribution in [0.15, 0.2) is 84.0 Å². The molecule has 0 aliphatic carbocycles. The zero-order valence-electron chi connectivity index (χ0n) is 19.8. The van der Waals surface area contributed by atoms with Crippen molar-refractivity contribution in [2.45, 2.75) is 24.5 Å². The molecule has 180 valence electrons. The van der Waals surface area contributed by atoms with Gasteiger partial charge in [-0.15, -0.1) is 10.2 Å². The van der Waals surface area contributed by atoms with E-state index in [9.17, 15) is 4.79 Å². The molecule has 0 saturated carbocycles. The summed E-state index contributed by atoms with van der Waals surface area (Å²) in [6.07, 6.45) is 1.19. The van der Waals surface area contributed by atoms with Crippen molar-refractivity contribution in [3.63, 3.8) is 0 Å². The lowest BCUT2D eigenvalue weighted by Crippen LogP contribution is -2.22. The minimum atomic E-state index is 0.0446. The highest BCUT2D eigenvalue weighted by Crippen LogP contribution is 2.30. The third-order valence-corrected chi connectivity index (χ3v) is 6.42. The molecule has 1 heterocycles. The zero-order chi connectivity index (χ0) is 24.5. The summed E-state index contributed by atoms with van der Waals surface area (Å²) < 4.78 is 12.7. The highest BCUT2D eigenvalue weighted by molar-refractivity contribution is 7.99. The van der Waals surface area contributed by atoms with Gasteiger partial charge in [-0.1, -0.05) is 54.2 Å². The summed E-state index contributed by atoms with van der Waals surface area (Å²) in [5.41, 5.74) is 2.92. The summed E-state index contributed by atoms with van der Waals surface area (Å²) in [4.78, 5) is 12.2. The lowest BCUT2D eigenvalue weighted by Gasteiger charge is -2.12. The predicted molar refractivity (Wildman–Crippen MR) is 138 cm³/mol. The summed E-state index contributed by atoms with van der Waals surface area (Å²) in [5.74, 6) is 3.04. The highest BCUT2D eigenvalue weighted by Gasteiger charge is 2.17. The molecule has 1 amide bonds. The van der Waals surface area contributed by atoms with Crippen LogP contribution in [0, 0.1) is 0 Å². The topological polar surface area (TPSA) is 78.3 Å². The predicted octanol–water partition coefficient (Wildman–Crippen LogP) is 5.14. The molecule has 0 atom stereocenters. The number of nitrogens with zero attached hydrogens (tertiary/aromatic N) is 3. The molecule has 0 radical (unpaired) electrons. The van der Waals surface area contributed by atoms with Crippen LogP contribution in [-0.2, 0) is 11.3 Å². The van der Waals surface area contributed by atoms with Gasteiger partial charge in [-0.25, -0.2) is 0 Å². The Morgan fingerprint density at radius 3 is 2.43 bits per heavy atom. The number of benzene rings is 3. The molecule has 1 N–H and O–H groups in total. The van der Waals surface area contributed by atoms with Crippen LogP contribution in [0.3, 0.4) is 0 Å². The summed E-state index contributed by atoms with van der Waals surface area (Å²) in [7, 11) is 3.29. The fraction of sp³-hybridized carbons (Fsp3) is 0.222. The van der Waals surface area contributed by atoms with Crippen LogP contribution in [0.25, 0.3) is 17.1 Å². The molecule has 4 aromatic rings. The van der Waals surface area contributed by atoms with E-state index >= 15 is 0 Å². The maximum atomic E-state index is 12.2. The summed E-state index contributed by atoms with van der Waals surface area (Å²) in [6, 6.07) is 25.4. The van der Waals surface area contributed by atoms with Gasteiger partial charge in [-0.05, 0) is 48.4 Å². The molecular formula is C27H28N4O3S. The molecule has 0 bridgehead atoms. The third kappa shape index (κ3) is 6.42. The maximum Gasteiger partial charge on any atom is 0.220 e. The van der Waals surface area contributed by atoms with E-state index in [1.807, 2.05) is 83.4 Å². The van der Waals surface area contributed by atoms with Crippen molar-refractivity contribution in [3.8, 4) is 28.6 Å². The number of ether oxygens (including phenoxy) is 2. The van der Waals surface area contributed by atoms with Crippen molar-refractivity contribution in [1.82, 2.24) is 20.1 Å². The number of hydrogen-bond donors (Lipinski definition) is 1. The molecule has 3 aromatic carbocycles. The number of thioether (sulfide) groups is 1. The lowest BCUT2D eigenvalue weighted by molar-refractivity contribution is -0.121. The second-order valence-corrected chi connectivity index (χ2v) is 8.85. The standard InChI is InChI=1S/C27H28N4O3S/c1-33-23-15-13-22(14-16-23)31-26(21-10-6-11-24(18-21)34-2)29-30-27(31)35-17-7-12-25(32)28-19-20-8-4-3-5-9-20/h3-6,8-11,13-16,18H,7,12,17,19H2,1-2H3,(H,28,32). The molecule has 1 aromatic heterocycles. The van der Waals surface area contributed by atoms with Gasteiger partial charge < -0.3 is 14.8 Å². The van der Waals surface area contributed by atoms with E-state index in [1.165, 1.54) is 0 Å². The van der Waals surface area contributed by atoms with E-state index in [1.54, 1.807) is 26.0 Å². The van der Waals surface area contributed by atoms with Gasteiger partial charge in [0.1, 0.15) is 11.5 Å². The fourth-order valence-electron chi connectivity index (χ4n) is 3.56. The second kappa shape index (κ2) is 12.1. The van der Waals surface area contributed by atoms with Gasteiger partial charge in [0.05, 0.1) is 14.2 Å². The molecule has 4 rings (SSSR count). The van der Waals surface area contributed by atoms with Gasteiger partial charge in [0.2, 0.25) is 5.91 Å². The van der Waals surface area contributed by atoms with Gasteiger partial charge in [0.15, 0.2) is 11.0 Å². The number of hydrogen-bond acceptors (Lipinski definition) is 6. The van der Waals surface area contributed by atoms with E-state index in [0.717, 1.165) is 51.5 Å². The lowest BCUT2D eigenvalue weighted by atomic mass is 10.2. The molecule has 0 saturated heterocycles. The Bertz CT molecular complexity index is 1240. The molecule has 8 heteroatoms. The maximum absolute atomic E-state index is 12.2. The molecule has 0 unspecified atom stereocenters. The second-order valence-electron chi connectivity index (χ2n) is 7.79. The van der Waals surface area contributed by atoms with Gasteiger partial charge in [-0.2, -0.15) is 0 Å². The molecule has 35 heavy (non-hydrogen) atoms. The van der Waals surface area contributed by atoms with Gasteiger partial charge in [-0.3, -0.25) is 9.36 Å². The fourth-order valence-corrected chi connectivity index (χ4v) is 4.45. The Morgan fingerprint density at radius 1 is 0.914 bits per heavy atom. The molecule has 7 nitrogen and oxygen atoms in total. The SMILES string of the molecule is COc1ccc(-n2c(SCCCC(=O)NCc3ccccc3)nnc2-c2cccc(OC)c2)cc1. The average molecular weight is 489 g/mol. The Labute approximate surface area is 209 Å². The summed E-state index contributed by atoms with van der Waals surface area (Å²) in [5, 5.41) is 12.7. The number of carbonyl (C=O) groups is 1. The Balaban J connectivity index is 1.44. The zero-order valence-corrected chi connectivity index (χ0v) is 20.6. The molecular weight excluding hydrogens is 460 g/mol. The monoisotopic (exact) mass is 488 g/mol. The Kier molecular flexibility index (Phi) is 8.40. The van der Waals surface area contributed by atoms with Crippen LogP contribution < -0.4 is 14.8 Å². The van der Waals surface area contributed by atoms with Crippen LogP contribution >= 0.6 is 11.8 Å². The van der Waals surface area contributed by atoms with E-state index in [0.29, 0.717) is 13.0 Å². The molecule has 0 spiro atoms. The Hall–Kier alpha value is -3.78. The number of carbonyl (C=O) groups excluding carboxylic acids is 1. The third-order valence-electron chi connectivity index (χ3n) is 5.40. The van der Waals surface area contributed by atoms with Crippen LogP contribution in [0.2, 0.25) is 0 Å². The molecule has 0 fully saturated rings. The van der Waals surface area contributed by atoms with Crippen molar-refractivity contribution in [1.29, 1.82) is 0 Å². The minimum Gasteiger partial charge on any atom is -0.497 e. The van der Waals surface area contributed by atoms with Gasteiger partial charge >= 0.3 is 0 Å². The van der Waals surface area contributed by atoms with Crippen molar-refractivity contribution in [3.05, 3.63) is 84.4 Å². The first-order chi connectivity index (χ1) is 17.2. The van der Waals surface area contributed by atoms with Crippen LogP contribution in [0.1, 0.15) is 18.4 Å². The van der Waals surface area contributed by atoms with E-state index in [4.69, 9.17) is 9.47 Å². The quantitative estimate of drug-likeness (QED) is 0.233. The van der Waals surface area contributed by atoms with Gasteiger partial charge in [0.25, 0.3) is 0 Å². The van der Waals surface area contributed by atoms with Crippen LogP contribution in [0.5, 0.6) is 11.5 Å². The number of nitrogens with one attached hydrogen (secondary N) is 1. The van der Waals surface area contributed by atoms with Crippen molar-refractivity contribution >= 4 is 17.7 Å². The van der Waals surface area contributed by atoms with Crippen LogP contribution in [0.4, 0.5) is 0 Å². The van der Waals surface area contributed by atoms with Crippen molar-refractivity contribution in [2.75, 3.05) is 20.0 Å². The van der Waals surface area contributed by atoms with Gasteiger partial charge in [0, 0.05) is 30.0 Å². The molecule has 0 aliphatic heterocycles. The smallest absolute Gasteiger partial charge is 0.220 e. The number of amides is 1. The number of aromatic nitrogens is 3. The van der Waals surface area contributed by atoms with Crippen LogP contribution in [-0.4, -0.2) is 40.6 Å². The molecule has 0 aliphatic rings. The average Bonchev–Trinajstić information content (AvgIpc) is 3.34. The highest BCUT2D eigenvalue weighted by atomic mass is 32.2. The summed E-state index contributed by atoms with van der Waals surface area (Å²) >= 11 is 1.58. The van der Waals surface area contributed by atoms with E-state index < -0.39 is 0 Å². The normalized spacial score (nSPS) is 10.7. The first-order valence-corrected chi connectivity index (χ1v) is 12.3. The summed E-state index contributed by atoms with van der Waals surface area (Å²) in [6.45, 7) is 0.544.